The molecule has 3 rings (SSSR count). The number of rotatable bonds is 5. The minimum absolute atomic E-state index is 0.109. The van der Waals surface area contributed by atoms with Gasteiger partial charge in [-0.2, -0.15) is 0 Å². The fraction of sp³-hybridized carbons (Fsp3) is 0.318. The van der Waals surface area contributed by atoms with Crippen LogP contribution in [0.3, 0.4) is 0 Å². The maximum Gasteiger partial charge on any atom is 0.0667 e. The topological polar surface area (TPSA) is 38.4 Å². The number of nitrogens with two attached hydrogens (primary N) is 1. The third-order valence-electron chi connectivity index (χ3n) is 4.52. The van der Waals surface area contributed by atoms with Crippen LogP contribution in [-0.4, -0.2) is 17.6 Å². The molecule has 0 saturated carbocycles. The molecule has 0 spiro atoms. The third kappa shape index (κ3) is 5.20. The fourth-order valence-electron chi connectivity index (χ4n) is 3.04. The number of allylic oxidation sites excluding steroid dienone is 11. The van der Waals surface area contributed by atoms with Crippen molar-refractivity contribution in [3.8, 4) is 0 Å². The summed E-state index contributed by atoms with van der Waals surface area (Å²) in [4.78, 5) is 4.86. The van der Waals surface area contributed by atoms with Crippen molar-refractivity contribution in [3.05, 3.63) is 83.2 Å². The number of nitrogens with zero attached hydrogens (tertiary/aromatic N) is 1. The van der Waals surface area contributed by atoms with E-state index in [0.29, 0.717) is 6.54 Å². The monoisotopic (exact) mass is 352 g/mol. The van der Waals surface area contributed by atoms with Gasteiger partial charge in [0.1, 0.15) is 0 Å². The molecule has 3 aliphatic carbocycles. The molecule has 0 radical (unpaired) electrons. The quantitative estimate of drug-likeness (QED) is 0.528. The van der Waals surface area contributed by atoms with Gasteiger partial charge in [-0.1, -0.05) is 54.7 Å². The largest absolute Gasteiger partial charge is 0.398 e. The van der Waals surface area contributed by atoms with E-state index in [-0.39, 0.29) is 5.38 Å². The Labute approximate surface area is 155 Å². The first-order valence-corrected chi connectivity index (χ1v) is 9.42. The normalized spacial score (nSPS) is 24.0. The zero-order valence-corrected chi connectivity index (χ0v) is 15.3. The minimum Gasteiger partial charge on any atom is -0.398 e. The van der Waals surface area contributed by atoms with Gasteiger partial charge in [-0.25, -0.2) is 0 Å². The van der Waals surface area contributed by atoms with Crippen LogP contribution in [0, 0.1) is 0 Å². The summed E-state index contributed by atoms with van der Waals surface area (Å²) >= 11 is 6.10. The van der Waals surface area contributed by atoms with E-state index in [9.17, 15) is 0 Å². The van der Waals surface area contributed by atoms with Gasteiger partial charge in [-0.3, -0.25) is 4.99 Å². The van der Waals surface area contributed by atoms with E-state index >= 15 is 0 Å². The van der Waals surface area contributed by atoms with Gasteiger partial charge in [0, 0.05) is 5.70 Å². The molecule has 3 heteroatoms. The Kier molecular flexibility index (Phi) is 6.30. The maximum absolute atomic E-state index is 6.36. The molecule has 0 aromatic heterocycles. The molecule has 2 N–H and O–H groups in total. The molecular formula is C22H25ClN2. The summed E-state index contributed by atoms with van der Waals surface area (Å²) in [5.41, 5.74) is 11.7. The Bertz CT molecular complexity index is 742. The SMILES string of the molecule is N/C(=C\C(=N/CC1=CCC(Cl)C=C1)C1=CCCC=C1)C1=CC=CCC1. The minimum atomic E-state index is 0.109. The highest BCUT2D eigenvalue weighted by Gasteiger charge is 2.10. The molecular weight excluding hydrogens is 328 g/mol. The molecule has 25 heavy (non-hydrogen) atoms. The highest BCUT2D eigenvalue weighted by Crippen LogP contribution is 2.20. The summed E-state index contributed by atoms with van der Waals surface area (Å²) in [6.45, 7) is 0.656. The van der Waals surface area contributed by atoms with E-state index in [1.165, 1.54) is 11.1 Å². The smallest absolute Gasteiger partial charge is 0.0667 e. The zero-order chi connectivity index (χ0) is 17.5. The van der Waals surface area contributed by atoms with Crippen molar-refractivity contribution >= 4 is 17.3 Å². The molecule has 0 aliphatic heterocycles. The first kappa shape index (κ1) is 17.8. The van der Waals surface area contributed by atoms with Gasteiger partial charge >= 0.3 is 0 Å². The van der Waals surface area contributed by atoms with E-state index in [1.807, 2.05) is 12.2 Å². The lowest BCUT2D eigenvalue weighted by atomic mass is 9.98. The average Bonchev–Trinajstić information content (AvgIpc) is 2.67. The van der Waals surface area contributed by atoms with Crippen LogP contribution in [0.15, 0.2) is 88.2 Å². The Morgan fingerprint density at radius 1 is 1.20 bits per heavy atom. The standard InChI is InChI=1S/C22H25ClN2/c23-20-13-11-17(12-14-20)16-25-22(19-9-5-2-6-10-19)15-21(24)18-7-3-1-4-8-18/h1,3,5,7,9-13,15,20H,2,4,6,8,14,16,24H2/b21-15-,25-22+. The molecule has 1 unspecified atom stereocenters. The second-order valence-electron chi connectivity index (χ2n) is 6.49. The van der Waals surface area contributed by atoms with Crippen molar-refractivity contribution in [1.29, 1.82) is 0 Å². The van der Waals surface area contributed by atoms with Gasteiger partial charge in [0.2, 0.25) is 0 Å². The number of hydrogen-bond acceptors (Lipinski definition) is 2. The van der Waals surface area contributed by atoms with E-state index < -0.39 is 0 Å². The summed E-state index contributed by atoms with van der Waals surface area (Å²) in [6, 6.07) is 0. The van der Waals surface area contributed by atoms with E-state index in [2.05, 4.69) is 48.6 Å². The lowest BCUT2D eigenvalue weighted by Gasteiger charge is -2.13. The van der Waals surface area contributed by atoms with E-state index in [1.54, 1.807) is 0 Å². The fourth-order valence-corrected chi connectivity index (χ4v) is 3.20. The van der Waals surface area contributed by atoms with Gasteiger partial charge < -0.3 is 5.73 Å². The van der Waals surface area contributed by atoms with Crippen molar-refractivity contribution in [1.82, 2.24) is 0 Å². The van der Waals surface area contributed by atoms with Crippen LogP contribution in [-0.2, 0) is 0 Å². The molecule has 0 aromatic rings. The molecule has 0 bridgehead atoms. The molecule has 0 saturated heterocycles. The molecule has 130 valence electrons. The predicted molar refractivity (Wildman–Crippen MR) is 109 cm³/mol. The van der Waals surface area contributed by atoms with Crippen molar-refractivity contribution in [2.45, 2.75) is 37.5 Å². The second-order valence-corrected chi connectivity index (χ2v) is 7.05. The highest BCUT2D eigenvalue weighted by molar-refractivity contribution is 6.22. The average molecular weight is 353 g/mol. The lowest BCUT2D eigenvalue weighted by Crippen LogP contribution is -2.09. The van der Waals surface area contributed by atoms with Crippen LogP contribution < -0.4 is 5.73 Å². The lowest BCUT2D eigenvalue weighted by molar-refractivity contribution is 0.962. The molecule has 0 amide bonds. The number of halogens is 1. The van der Waals surface area contributed by atoms with Crippen molar-refractivity contribution < 1.29 is 0 Å². The Hall–Kier alpha value is -2.06. The Balaban J connectivity index is 1.82. The first-order valence-electron chi connectivity index (χ1n) is 8.98. The van der Waals surface area contributed by atoms with Crippen LogP contribution in [0.5, 0.6) is 0 Å². The van der Waals surface area contributed by atoms with Crippen molar-refractivity contribution in [2.75, 3.05) is 6.54 Å². The van der Waals surface area contributed by atoms with Gasteiger partial charge in [0.25, 0.3) is 0 Å². The maximum atomic E-state index is 6.36. The first-order chi connectivity index (χ1) is 12.2. The predicted octanol–water partition coefficient (Wildman–Crippen LogP) is 5.32. The van der Waals surface area contributed by atoms with Crippen LogP contribution in [0.2, 0.25) is 0 Å². The van der Waals surface area contributed by atoms with Gasteiger partial charge in [-0.15, -0.1) is 11.6 Å². The van der Waals surface area contributed by atoms with E-state index in [4.69, 9.17) is 22.3 Å². The second kappa shape index (κ2) is 8.87. The number of aliphatic imine (C=N–C) groups is 1. The third-order valence-corrected chi connectivity index (χ3v) is 4.85. The molecule has 1 atom stereocenters. The summed E-state index contributed by atoms with van der Waals surface area (Å²) in [5, 5.41) is 0.109. The molecule has 3 aliphatic rings. The molecule has 2 nitrogen and oxygen atoms in total. The molecule has 0 aromatic carbocycles. The Morgan fingerprint density at radius 2 is 2.12 bits per heavy atom. The van der Waals surface area contributed by atoms with Gasteiger partial charge in [0.15, 0.2) is 0 Å². The Morgan fingerprint density at radius 3 is 2.80 bits per heavy atom. The van der Waals surface area contributed by atoms with Crippen LogP contribution in [0.4, 0.5) is 0 Å². The summed E-state index contributed by atoms with van der Waals surface area (Å²) in [6.07, 6.45) is 26.3. The van der Waals surface area contributed by atoms with Crippen molar-refractivity contribution in [2.24, 2.45) is 10.7 Å². The van der Waals surface area contributed by atoms with Gasteiger partial charge in [0.05, 0.1) is 17.6 Å². The number of alkyl halides is 1. The van der Waals surface area contributed by atoms with Crippen LogP contribution in [0.1, 0.15) is 32.1 Å². The molecule has 0 fully saturated rings. The summed E-state index contributed by atoms with van der Waals surface area (Å²) in [7, 11) is 0. The van der Waals surface area contributed by atoms with E-state index in [0.717, 1.165) is 49.1 Å². The highest BCUT2D eigenvalue weighted by atomic mass is 35.5. The van der Waals surface area contributed by atoms with Gasteiger partial charge in [-0.05, 0) is 54.9 Å². The summed E-state index contributed by atoms with van der Waals surface area (Å²) in [5.74, 6) is 0. The molecule has 0 heterocycles. The zero-order valence-electron chi connectivity index (χ0n) is 14.5. The summed E-state index contributed by atoms with van der Waals surface area (Å²) < 4.78 is 0. The van der Waals surface area contributed by atoms with Crippen LogP contribution >= 0.6 is 11.6 Å². The van der Waals surface area contributed by atoms with Crippen molar-refractivity contribution in [3.63, 3.8) is 0 Å². The van der Waals surface area contributed by atoms with Crippen LogP contribution in [0.25, 0.3) is 0 Å². The number of hydrogen-bond donors (Lipinski definition) is 1.